The van der Waals surface area contributed by atoms with Crippen LogP contribution in [-0.2, 0) is 4.79 Å². The second kappa shape index (κ2) is 8.38. The maximum Gasteiger partial charge on any atom is 0.255 e. The lowest BCUT2D eigenvalue weighted by atomic mass is 9.93. The molecule has 4 rings (SSSR count). The molecule has 7 nitrogen and oxygen atoms in total. The fourth-order valence-electron chi connectivity index (χ4n) is 3.52. The first-order chi connectivity index (χ1) is 14.9. The van der Waals surface area contributed by atoms with Gasteiger partial charge in [0.1, 0.15) is 22.5 Å². The summed E-state index contributed by atoms with van der Waals surface area (Å²) in [5.41, 5.74) is 8.63. The van der Waals surface area contributed by atoms with Crippen LogP contribution in [0.4, 0.5) is 5.69 Å². The van der Waals surface area contributed by atoms with E-state index in [1.807, 2.05) is 24.3 Å². The molecule has 0 aliphatic carbocycles. The summed E-state index contributed by atoms with van der Waals surface area (Å²) < 4.78 is 5.26. The van der Waals surface area contributed by atoms with Crippen molar-refractivity contribution < 1.29 is 9.53 Å². The summed E-state index contributed by atoms with van der Waals surface area (Å²) in [7, 11) is 1.53. The van der Waals surface area contributed by atoms with Crippen molar-refractivity contribution in [3.63, 3.8) is 0 Å². The molecule has 2 aromatic rings. The molecular formula is C22H18ClN5O2S. The molecule has 0 saturated carbocycles. The molecule has 0 unspecified atom stereocenters. The fraction of sp³-hybridized carbons (Fsp3) is 0.136. The van der Waals surface area contributed by atoms with E-state index in [9.17, 15) is 10.1 Å². The van der Waals surface area contributed by atoms with E-state index in [0.29, 0.717) is 37.8 Å². The number of para-hydroxylation sites is 1. The summed E-state index contributed by atoms with van der Waals surface area (Å²) >= 11 is 7.57. The lowest BCUT2D eigenvalue weighted by molar-refractivity contribution is -0.113. The van der Waals surface area contributed by atoms with Gasteiger partial charge in [0, 0.05) is 5.69 Å². The summed E-state index contributed by atoms with van der Waals surface area (Å²) in [5, 5.41) is 13.3. The summed E-state index contributed by atoms with van der Waals surface area (Å²) in [6, 6.07) is 15.9. The van der Waals surface area contributed by atoms with E-state index in [2.05, 4.69) is 16.4 Å². The first-order valence-electron chi connectivity index (χ1n) is 9.30. The van der Waals surface area contributed by atoms with E-state index in [4.69, 9.17) is 22.1 Å². The minimum atomic E-state index is -0.613. The standard InChI is InChI=1S/C22H18ClN5O2S/c1-12-18(21(29)27-14-6-4-3-5-7-14)19(13-8-9-16(30-2)15(23)10-13)28-20(25)17(11-24)31-22(28)26-12/h3-10,19H,25H2,1-2H3,(H,27,29)/t19-/m1/s1. The number of halogens is 1. The molecule has 0 fully saturated rings. The molecule has 2 aliphatic rings. The van der Waals surface area contributed by atoms with Gasteiger partial charge in [-0.15, -0.1) is 0 Å². The molecule has 156 valence electrons. The summed E-state index contributed by atoms with van der Waals surface area (Å²) in [6.45, 7) is 1.77. The zero-order valence-electron chi connectivity index (χ0n) is 16.7. The molecule has 9 heteroatoms. The van der Waals surface area contributed by atoms with Crippen LogP contribution in [0.2, 0.25) is 5.02 Å². The summed E-state index contributed by atoms with van der Waals surface area (Å²) in [4.78, 5) is 20.0. The highest BCUT2D eigenvalue weighted by Gasteiger charge is 2.42. The lowest BCUT2D eigenvalue weighted by Crippen LogP contribution is -2.39. The van der Waals surface area contributed by atoms with Crippen LogP contribution in [0.3, 0.4) is 0 Å². The van der Waals surface area contributed by atoms with E-state index >= 15 is 0 Å². The number of nitriles is 1. The second-order valence-electron chi connectivity index (χ2n) is 6.81. The number of benzene rings is 2. The number of nitrogens with one attached hydrogen (secondary N) is 1. The number of methoxy groups -OCH3 is 1. The molecule has 2 aliphatic heterocycles. The number of nitrogens with two attached hydrogens (primary N) is 1. The lowest BCUT2D eigenvalue weighted by Gasteiger charge is -2.35. The number of carbonyl (C=O) groups is 1. The van der Waals surface area contributed by atoms with E-state index in [-0.39, 0.29) is 11.7 Å². The Morgan fingerprint density at radius 3 is 2.71 bits per heavy atom. The number of ether oxygens (including phenoxy) is 1. The molecule has 0 spiro atoms. The van der Waals surface area contributed by atoms with Gasteiger partial charge in [-0.3, -0.25) is 9.69 Å². The Hall–Kier alpha value is -3.41. The van der Waals surface area contributed by atoms with E-state index in [0.717, 1.165) is 5.56 Å². The van der Waals surface area contributed by atoms with Crippen LogP contribution in [0.25, 0.3) is 0 Å². The minimum absolute atomic E-state index is 0.251. The fourth-order valence-corrected chi connectivity index (χ4v) is 4.70. The van der Waals surface area contributed by atoms with Crippen LogP contribution in [0, 0.1) is 11.3 Å². The molecule has 0 radical (unpaired) electrons. The number of hydrogen-bond acceptors (Lipinski definition) is 7. The smallest absolute Gasteiger partial charge is 0.255 e. The van der Waals surface area contributed by atoms with Crippen LogP contribution < -0.4 is 15.8 Å². The molecule has 3 N–H and O–H groups in total. The Labute approximate surface area is 188 Å². The minimum Gasteiger partial charge on any atom is -0.495 e. The van der Waals surface area contributed by atoms with Gasteiger partial charge in [0.05, 0.1) is 29.4 Å². The third-order valence-electron chi connectivity index (χ3n) is 4.95. The SMILES string of the molecule is COc1ccc([C@@H]2C(C(=O)Nc3ccccc3)=C(C)N=C3SC(C#N)=C(N)N32)cc1Cl. The maximum absolute atomic E-state index is 13.4. The molecular weight excluding hydrogens is 434 g/mol. The highest BCUT2D eigenvalue weighted by atomic mass is 35.5. The van der Waals surface area contributed by atoms with Crippen molar-refractivity contribution in [3.05, 3.63) is 81.1 Å². The average Bonchev–Trinajstić information content (AvgIpc) is 3.08. The van der Waals surface area contributed by atoms with Crippen molar-refractivity contribution in [1.82, 2.24) is 4.90 Å². The average molecular weight is 452 g/mol. The van der Waals surface area contributed by atoms with Gasteiger partial charge in [-0.05, 0) is 48.5 Å². The highest BCUT2D eigenvalue weighted by molar-refractivity contribution is 8.17. The number of nitrogens with zero attached hydrogens (tertiary/aromatic N) is 3. The van der Waals surface area contributed by atoms with E-state index in [1.54, 1.807) is 36.1 Å². The summed E-state index contributed by atoms with van der Waals surface area (Å²) in [5.74, 6) is 0.454. The van der Waals surface area contributed by atoms with Crippen LogP contribution in [-0.4, -0.2) is 23.1 Å². The number of aliphatic imine (C=N–C) groups is 1. The maximum atomic E-state index is 13.4. The number of amidine groups is 1. The van der Waals surface area contributed by atoms with Crippen molar-refractivity contribution in [2.24, 2.45) is 10.7 Å². The Balaban J connectivity index is 1.84. The normalized spacial score (nSPS) is 17.8. The number of fused-ring (bicyclic) bond motifs is 1. The second-order valence-corrected chi connectivity index (χ2v) is 8.19. The zero-order chi connectivity index (χ0) is 22.1. The summed E-state index contributed by atoms with van der Waals surface area (Å²) in [6.07, 6.45) is 0. The van der Waals surface area contributed by atoms with Crippen molar-refractivity contribution in [2.45, 2.75) is 13.0 Å². The van der Waals surface area contributed by atoms with Crippen molar-refractivity contribution in [1.29, 1.82) is 5.26 Å². The molecule has 1 atom stereocenters. The van der Waals surface area contributed by atoms with E-state index < -0.39 is 6.04 Å². The van der Waals surface area contributed by atoms with Crippen molar-refractivity contribution in [3.8, 4) is 11.8 Å². The monoisotopic (exact) mass is 451 g/mol. The quantitative estimate of drug-likeness (QED) is 0.715. The van der Waals surface area contributed by atoms with Gasteiger partial charge in [0.15, 0.2) is 5.17 Å². The molecule has 2 heterocycles. The third-order valence-corrected chi connectivity index (χ3v) is 6.22. The number of amides is 1. The van der Waals surface area contributed by atoms with Gasteiger partial charge in [-0.1, -0.05) is 35.9 Å². The predicted octanol–water partition coefficient (Wildman–Crippen LogP) is 4.37. The third kappa shape index (κ3) is 3.74. The van der Waals surface area contributed by atoms with Gasteiger partial charge in [-0.25, -0.2) is 4.99 Å². The number of carbonyl (C=O) groups excluding carboxylic acids is 1. The first kappa shape index (κ1) is 20.8. The molecule has 0 bridgehead atoms. The van der Waals surface area contributed by atoms with Gasteiger partial charge in [-0.2, -0.15) is 5.26 Å². The molecule has 2 aromatic carbocycles. The Morgan fingerprint density at radius 1 is 1.32 bits per heavy atom. The Morgan fingerprint density at radius 2 is 2.06 bits per heavy atom. The van der Waals surface area contributed by atoms with Gasteiger partial charge >= 0.3 is 0 Å². The zero-order valence-corrected chi connectivity index (χ0v) is 18.3. The molecule has 0 aromatic heterocycles. The van der Waals surface area contributed by atoms with E-state index in [1.165, 1.54) is 18.9 Å². The topological polar surface area (TPSA) is 104 Å². The van der Waals surface area contributed by atoms with Gasteiger partial charge in [0.25, 0.3) is 5.91 Å². The number of anilines is 1. The van der Waals surface area contributed by atoms with Crippen LogP contribution in [0.5, 0.6) is 5.75 Å². The highest BCUT2D eigenvalue weighted by Crippen LogP contribution is 2.46. The Kier molecular flexibility index (Phi) is 5.63. The van der Waals surface area contributed by atoms with Gasteiger partial charge in [0.2, 0.25) is 0 Å². The molecule has 31 heavy (non-hydrogen) atoms. The van der Waals surface area contributed by atoms with Crippen LogP contribution >= 0.6 is 23.4 Å². The Bertz CT molecular complexity index is 1200. The number of thioether (sulfide) groups is 1. The number of hydrogen-bond donors (Lipinski definition) is 2. The predicted molar refractivity (Wildman–Crippen MR) is 122 cm³/mol. The largest absolute Gasteiger partial charge is 0.495 e. The van der Waals surface area contributed by atoms with Crippen molar-refractivity contribution in [2.75, 3.05) is 12.4 Å². The first-order valence-corrected chi connectivity index (χ1v) is 10.5. The number of rotatable bonds is 4. The van der Waals surface area contributed by atoms with Crippen LogP contribution in [0.15, 0.2) is 75.5 Å². The van der Waals surface area contributed by atoms with Gasteiger partial charge < -0.3 is 15.8 Å². The van der Waals surface area contributed by atoms with Crippen LogP contribution in [0.1, 0.15) is 18.5 Å². The number of allylic oxidation sites excluding steroid dienone is 2. The molecule has 1 amide bonds. The van der Waals surface area contributed by atoms with Crippen molar-refractivity contribution >= 4 is 40.1 Å². The molecule has 0 saturated heterocycles.